The molecule has 5 heteroatoms. The predicted octanol–water partition coefficient (Wildman–Crippen LogP) is 5.43. The molecule has 4 nitrogen and oxygen atoms in total. The highest BCUT2D eigenvalue weighted by molar-refractivity contribution is 6.32. The van der Waals surface area contributed by atoms with Crippen LogP contribution in [0.25, 0.3) is 10.8 Å². The Bertz CT molecular complexity index is 985. The summed E-state index contributed by atoms with van der Waals surface area (Å²) in [6, 6.07) is 18.8. The molecule has 1 unspecified atom stereocenters. The van der Waals surface area contributed by atoms with Crippen molar-refractivity contribution in [3.05, 3.63) is 76.8 Å². The lowest BCUT2D eigenvalue weighted by Crippen LogP contribution is -2.17. The van der Waals surface area contributed by atoms with Crippen LogP contribution in [-0.2, 0) is 0 Å². The van der Waals surface area contributed by atoms with Crippen LogP contribution in [0.4, 0.5) is 0 Å². The lowest BCUT2D eigenvalue weighted by molar-refractivity contribution is 0.0955. The Morgan fingerprint density at radius 1 is 1.15 bits per heavy atom. The topological polar surface area (TPSA) is 50.7 Å². The molecule has 1 atom stereocenters. The molecule has 0 radical (unpaired) electrons. The van der Waals surface area contributed by atoms with Crippen LogP contribution in [0.5, 0.6) is 5.75 Å². The first kappa shape index (κ1) is 18.9. The van der Waals surface area contributed by atoms with Gasteiger partial charge in [-0.3, -0.25) is 4.79 Å². The van der Waals surface area contributed by atoms with Crippen molar-refractivity contribution < 1.29 is 9.53 Å². The van der Waals surface area contributed by atoms with Crippen molar-refractivity contribution in [2.75, 3.05) is 0 Å². The van der Waals surface area contributed by atoms with Crippen LogP contribution in [0.15, 0.2) is 65.8 Å². The zero-order valence-electron chi connectivity index (χ0n) is 15.3. The molecule has 3 aromatic carbocycles. The smallest absolute Gasteiger partial charge is 0.271 e. The van der Waals surface area contributed by atoms with E-state index in [0.29, 0.717) is 16.3 Å². The first-order valence-corrected chi connectivity index (χ1v) is 9.23. The molecule has 3 aromatic rings. The number of hydrogen-bond donors (Lipinski definition) is 1. The van der Waals surface area contributed by atoms with E-state index < -0.39 is 0 Å². The molecule has 0 aliphatic heterocycles. The van der Waals surface area contributed by atoms with Gasteiger partial charge in [-0.2, -0.15) is 5.10 Å². The van der Waals surface area contributed by atoms with Gasteiger partial charge in [-0.05, 0) is 60.0 Å². The quantitative estimate of drug-likeness (QED) is 0.457. The van der Waals surface area contributed by atoms with Gasteiger partial charge in [-0.1, -0.05) is 48.9 Å². The first-order valence-electron chi connectivity index (χ1n) is 8.85. The van der Waals surface area contributed by atoms with Crippen LogP contribution in [0.1, 0.15) is 36.2 Å². The van der Waals surface area contributed by atoms with E-state index in [1.807, 2.05) is 49.4 Å². The SMILES string of the molecule is CCC(C)Oc1ccc(/C=N/NC(=O)c2ccc3ccccc3c2)cc1Cl. The maximum atomic E-state index is 12.3. The number of benzene rings is 3. The second-order valence-corrected chi connectivity index (χ2v) is 6.69. The number of amides is 1. The Hall–Kier alpha value is -2.85. The van der Waals surface area contributed by atoms with E-state index >= 15 is 0 Å². The summed E-state index contributed by atoms with van der Waals surface area (Å²) in [7, 11) is 0. The summed E-state index contributed by atoms with van der Waals surface area (Å²) >= 11 is 6.25. The van der Waals surface area contributed by atoms with Crippen LogP contribution in [-0.4, -0.2) is 18.2 Å². The summed E-state index contributed by atoms with van der Waals surface area (Å²) in [5, 5.41) is 6.64. The number of carbonyl (C=O) groups is 1. The van der Waals surface area contributed by atoms with E-state index in [0.717, 1.165) is 22.8 Å². The third kappa shape index (κ3) is 4.86. The summed E-state index contributed by atoms with van der Waals surface area (Å²) in [5.74, 6) is 0.378. The fraction of sp³-hybridized carbons (Fsp3) is 0.182. The Balaban J connectivity index is 1.65. The summed E-state index contributed by atoms with van der Waals surface area (Å²) in [6.07, 6.45) is 2.56. The molecule has 0 aliphatic rings. The van der Waals surface area contributed by atoms with E-state index in [9.17, 15) is 4.79 Å². The number of nitrogens with one attached hydrogen (secondary N) is 1. The first-order chi connectivity index (χ1) is 13.1. The van der Waals surface area contributed by atoms with Crippen LogP contribution in [0.3, 0.4) is 0 Å². The number of ether oxygens (including phenoxy) is 1. The molecule has 0 fully saturated rings. The third-order valence-electron chi connectivity index (χ3n) is 4.25. The Morgan fingerprint density at radius 3 is 2.67 bits per heavy atom. The maximum absolute atomic E-state index is 12.3. The molecule has 3 rings (SSSR count). The molecular weight excluding hydrogens is 360 g/mol. The van der Waals surface area contributed by atoms with Crippen molar-refractivity contribution >= 4 is 34.5 Å². The zero-order valence-corrected chi connectivity index (χ0v) is 16.0. The molecule has 0 heterocycles. The van der Waals surface area contributed by atoms with E-state index in [4.69, 9.17) is 16.3 Å². The normalized spacial score (nSPS) is 12.3. The highest BCUT2D eigenvalue weighted by atomic mass is 35.5. The third-order valence-corrected chi connectivity index (χ3v) is 4.55. The van der Waals surface area contributed by atoms with Crippen molar-refractivity contribution in [1.29, 1.82) is 0 Å². The van der Waals surface area contributed by atoms with Gasteiger partial charge < -0.3 is 4.74 Å². The van der Waals surface area contributed by atoms with Gasteiger partial charge in [0.2, 0.25) is 0 Å². The van der Waals surface area contributed by atoms with Crippen LogP contribution in [0.2, 0.25) is 5.02 Å². The number of hydrazone groups is 1. The lowest BCUT2D eigenvalue weighted by atomic mass is 10.1. The molecule has 0 bridgehead atoms. The molecule has 1 N–H and O–H groups in total. The van der Waals surface area contributed by atoms with Crippen molar-refractivity contribution in [2.24, 2.45) is 5.10 Å². The minimum atomic E-state index is -0.264. The van der Waals surface area contributed by atoms with Gasteiger partial charge in [-0.15, -0.1) is 0 Å². The highest BCUT2D eigenvalue weighted by Crippen LogP contribution is 2.26. The zero-order chi connectivity index (χ0) is 19.2. The van der Waals surface area contributed by atoms with Crippen LogP contribution < -0.4 is 10.2 Å². The Morgan fingerprint density at radius 2 is 1.93 bits per heavy atom. The van der Waals surface area contributed by atoms with Crippen molar-refractivity contribution in [3.63, 3.8) is 0 Å². The lowest BCUT2D eigenvalue weighted by Gasteiger charge is -2.13. The molecule has 138 valence electrons. The van der Waals surface area contributed by atoms with Gasteiger partial charge in [0.25, 0.3) is 5.91 Å². The molecule has 0 aromatic heterocycles. The molecule has 0 saturated heterocycles. The number of nitrogens with zero attached hydrogens (tertiary/aromatic N) is 1. The number of hydrogen-bond acceptors (Lipinski definition) is 3. The van der Waals surface area contributed by atoms with E-state index in [1.165, 1.54) is 0 Å². The highest BCUT2D eigenvalue weighted by Gasteiger charge is 2.07. The molecule has 0 aliphatic carbocycles. The maximum Gasteiger partial charge on any atom is 0.271 e. The van der Waals surface area contributed by atoms with Gasteiger partial charge in [0, 0.05) is 5.56 Å². The summed E-state index contributed by atoms with van der Waals surface area (Å²) in [5.41, 5.74) is 3.87. The van der Waals surface area contributed by atoms with Crippen molar-refractivity contribution in [1.82, 2.24) is 5.43 Å². The van der Waals surface area contributed by atoms with Gasteiger partial charge in [0.15, 0.2) is 0 Å². The molecule has 0 spiro atoms. The predicted molar refractivity (Wildman–Crippen MR) is 111 cm³/mol. The van der Waals surface area contributed by atoms with E-state index in [2.05, 4.69) is 17.5 Å². The monoisotopic (exact) mass is 380 g/mol. The van der Waals surface area contributed by atoms with E-state index in [1.54, 1.807) is 24.4 Å². The second kappa shape index (κ2) is 8.69. The fourth-order valence-corrected chi connectivity index (χ4v) is 2.79. The number of rotatable bonds is 6. The van der Waals surface area contributed by atoms with Gasteiger partial charge in [0.1, 0.15) is 5.75 Å². The van der Waals surface area contributed by atoms with Gasteiger partial charge in [0.05, 0.1) is 17.3 Å². The van der Waals surface area contributed by atoms with Crippen molar-refractivity contribution in [3.8, 4) is 5.75 Å². The van der Waals surface area contributed by atoms with Crippen molar-refractivity contribution in [2.45, 2.75) is 26.4 Å². The minimum Gasteiger partial charge on any atom is -0.489 e. The summed E-state index contributed by atoms with van der Waals surface area (Å²) < 4.78 is 5.74. The standard InChI is InChI=1S/C22H21ClN2O2/c1-3-15(2)27-21-11-8-16(12-20(21)23)14-24-25-22(26)19-10-9-17-6-4-5-7-18(17)13-19/h4-15H,3H2,1-2H3,(H,25,26)/b24-14+. The summed E-state index contributed by atoms with van der Waals surface area (Å²) in [4.78, 5) is 12.3. The Kier molecular flexibility index (Phi) is 6.09. The molecule has 1 amide bonds. The van der Waals surface area contributed by atoms with Gasteiger partial charge >= 0.3 is 0 Å². The average Bonchev–Trinajstić information content (AvgIpc) is 2.69. The van der Waals surface area contributed by atoms with Crippen LogP contribution >= 0.6 is 11.6 Å². The average molecular weight is 381 g/mol. The molecule has 27 heavy (non-hydrogen) atoms. The minimum absolute atomic E-state index is 0.100. The van der Waals surface area contributed by atoms with Crippen LogP contribution in [0, 0.1) is 0 Å². The molecular formula is C22H21ClN2O2. The molecule has 0 saturated carbocycles. The van der Waals surface area contributed by atoms with E-state index in [-0.39, 0.29) is 12.0 Å². The fourth-order valence-electron chi connectivity index (χ4n) is 2.55. The number of carbonyl (C=O) groups excluding carboxylic acids is 1. The largest absolute Gasteiger partial charge is 0.489 e. The van der Waals surface area contributed by atoms with Gasteiger partial charge in [-0.25, -0.2) is 5.43 Å². The number of halogens is 1. The summed E-state index contributed by atoms with van der Waals surface area (Å²) in [6.45, 7) is 4.05. The number of fused-ring (bicyclic) bond motifs is 1. The second-order valence-electron chi connectivity index (χ2n) is 6.29. The Labute approximate surface area is 163 Å².